The van der Waals surface area contributed by atoms with Crippen molar-refractivity contribution in [2.75, 3.05) is 20.1 Å². The van der Waals surface area contributed by atoms with Gasteiger partial charge in [0.1, 0.15) is 4.21 Å². The molecule has 5 nitrogen and oxygen atoms in total. The number of nitrogens with zero attached hydrogens (tertiary/aromatic N) is 1. The number of rotatable bonds is 8. The summed E-state index contributed by atoms with van der Waals surface area (Å²) in [6.45, 7) is 4.10. The minimum Gasteiger partial charge on any atom is -0.353 e. The number of nitrogens with one attached hydrogen (secondary N) is 1. The lowest BCUT2D eigenvalue weighted by molar-refractivity contribution is -0.116. The summed E-state index contributed by atoms with van der Waals surface area (Å²) in [7, 11) is -1.97. The van der Waals surface area contributed by atoms with E-state index in [1.54, 1.807) is 13.1 Å². The third-order valence-electron chi connectivity index (χ3n) is 3.44. The van der Waals surface area contributed by atoms with Gasteiger partial charge >= 0.3 is 0 Å². The SMILES string of the molecule is C=CC(=O)NCCCN(C)S(=O)(=O)c1ccc(-c2ccccc2)s1. The number of thiophene rings is 1. The molecule has 0 spiro atoms. The Morgan fingerprint density at radius 2 is 1.96 bits per heavy atom. The summed E-state index contributed by atoms with van der Waals surface area (Å²) in [5.74, 6) is -0.258. The molecule has 128 valence electrons. The van der Waals surface area contributed by atoms with Gasteiger partial charge in [-0.15, -0.1) is 11.3 Å². The molecule has 2 rings (SSSR count). The molecule has 0 unspecified atom stereocenters. The number of carbonyl (C=O) groups excluding carboxylic acids is 1. The lowest BCUT2D eigenvalue weighted by Crippen LogP contribution is -2.30. The van der Waals surface area contributed by atoms with E-state index >= 15 is 0 Å². The van der Waals surface area contributed by atoms with Gasteiger partial charge in [-0.1, -0.05) is 36.9 Å². The van der Waals surface area contributed by atoms with Gasteiger partial charge in [-0.3, -0.25) is 4.79 Å². The van der Waals surface area contributed by atoms with Gasteiger partial charge in [0.2, 0.25) is 5.91 Å². The normalized spacial score (nSPS) is 11.4. The Hall–Kier alpha value is -1.96. The highest BCUT2D eigenvalue weighted by Gasteiger charge is 2.22. The van der Waals surface area contributed by atoms with E-state index in [1.807, 2.05) is 36.4 Å². The van der Waals surface area contributed by atoms with Crippen LogP contribution in [0.4, 0.5) is 0 Å². The quantitative estimate of drug-likeness (QED) is 0.578. The standard InChI is InChI=1S/C17H20N2O3S2/c1-3-16(20)18-12-7-13-19(2)24(21,22)17-11-10-15(23-17)14-8-5-4-6-9-14/h3-6,8-11H,1,7,12-13H2,2H3,(H,18,20). The summed E-state index contributed by atoms with van der Waals surface area (Å²) in [6.07, 6.45) is 1.73. The zero-order valence-electron chi connectivity index (χ0n) is 13.4. The molecule has 0 saturated heterocycles. The second kappa shape index (κ2) is 8.23. The maximum Gasteiger partial charge on any atom is 0.252 e. The Morgan fingerprint density at radius 3 is 2.62 bits per heavy atom. The highest BCUT2D eigenvalue weighted by atomic mass is 32.2. The van der Waals surface area contributed by atoms with Crippen LogP contribution in [0.5, 0.6) is 0 Å². The van der Waals surface area contributed by atoms with Gasteiger partial charge in [-0.2, -0.15) is 0 Å². The molecule has 0 aliphatic rings. The Balaban J connectivity index is 2.01. The third-order valence-corrected chi connectivity index (χ3v) is 6.90. The van der Waals surface area contributed by atoms with Gasteiger partial charge in [-0.05, 0) is 30.2 Å². The Labute approximate surface area is 146 Å². The zero-order valence-corrected chi connectivity index (χ0v) is 15.1. The summed E-state index contributed by atoms with van der Waals surface area (Å²) in [5, 5.41) is 2.63. The molecule has 1 aromatic carbocycles. The molecule has 7 heteroatoms. The van der Waals surface area contributed by atoms with Crippen LogP contribution in [0.25, 0.3) is 10.4 Å². The van der Waals surface area contributed by atoms with E-state index in [2.05, 4.69) is 11.9 Å². The average molecular weight is 364 g/mol. The Bertz CT molecular complexity index is 798. The lowest BCUT2D eigenvalue weighted by Gasteiger charge is -2.15. The third kappa shape index (κ3) is 4.53. The predicted molar refractivity (Wildman–Crippen MR) is 97.4 cm³/mol. The largest absolute Gasteiger partial charge is 0.353 e. The number of hydrogen-bond acceptors (Lipinski definition) is 4. The molecule has 0 bridgehead atoms. The van der Waals surface area contributed by atoms with Gasteiger partial charge in [-0.25, -0.2) is 12.7 Å². The maximum atomic E-state index is 12.6. The van der Waals surface area contributed by atoms with Gasteiger partial charge < -0.3 is 5.32 Å². The number of sulfonamides is 1. The second-order valence-corrected chi connectivity index (χ2v) is 8.52. The fraction of sp³-hybridized carbons (Fsp3) is 0.235. The molecule has 2 aromatic rings. The van der Waals surface area contributed by atoms with Crippen molar-refractivity contribution in [1.82, 2.24) is 9.62 Å². The summed E-state index contributed by atoms with van der Waals surface area (Å²) in [6, 6.07) is 13.1. The molecule has 0 atom stereocenters. The first kappa shape index (κ1) is 18.4. The van der Waals surface area contributed by atoms with Gasteiger partial charge in [0, 0.05) is 25.0 Å². The topological polar surface area (TPSA) is 66.5 Å². The van der Waals surface area contributed by atoms with Crippen LogP contribution in [-0.2, 0) is 14.8 Å². The van der Waals surface area contributed by atoms with Crippen LogP contribution in [0.2, 0.25) is 0 Å². The molecule has 24 heavy (non-hydrogen) atoms. The molecule has 1 amide bonds. The van der Waals surface area contributed by atoms with Crippen LogP contribution < -0.4 is 5.32 Å². The first-order valence-electron chi connectivity index (χ1n) is 7.47. The number of carbonyl (C=O) groups is 1. The van der Waals surface area contributed by atoms with Crippen molar-refractivity contribution >= 4 is 27.3 Å². The van der Waals surface area contributed by atoms with E-state index < -0.39 is 10.0 Å². The fourth-order valence-electron chi connectivity index (χ4n) is 2.08. The van der Waals surface area contributed by atoms with Crippen LogP contribution >= 0.6 is 11.3 Å². The second-order valence-electron chi connectivity index (χ2n) is 5.16. The van der Waals surface area contributed by atoms with Crippen LogP contribution in [0, 0.1) is 0 Å². The van der Waals surface area contributed by atoms with E-state index in [-0.39, 0.29) is 5.91 Å². The van der Waals surface area contributed by atoms with Gasteiger partial charge in [0.25, 0.3) is 10.0 Å². The number of hydrogen-bond donors (Lipinski definition) is 1. The number of benzene rings is 1. The van der Waals surface area contributed by atoms with Crippen molar-refractivity contribution in [3.05, 3.63) is 55.1 Å². The molecule has 1 N–H and O–H groups in total. The molecule has 0 aliphatic carbocycles. The molecule has 1 heterocycles. The Morgan fingerprint density at radius 1 is 1.25 bits per heavy atom. The van der Waals surface area contributed by atoms with E-state index in [4.69, 9.17) is 0 Å². The first-order valence-corrected chi connectivity index (χ1v) is 9.72. The van der Waals surface area contributed by atoms with E-state index in [0.717, 1.165) is 10.4 Å². The van der Waals surface area contributed by atoms with E-state index in [0.29, 0.717) is 23.7 Å². The van der Waals surface area contributed by atoms with Gasteiger partial charge in [0.15, 0.2) is 0 Å². The van der Waals surface area contributed by atoms with Crippen molar-refractivity contribution in [2.24, 2.45) is 0 Å². The molecule has 0 radical (unpaired) electrons. The van der Waals surface area contributed by atoms with Crippen molar-refractivity contribution in [3.8, 4) is 10.4 Å². The highest BCUT2D eigenvalue weighted by molar-refractivity contribution is 7.91. The predicted octanol–water partition coefficient (Wildman–Crippen LogP) is 2.73. The monoisotopic (exact) mass is 364 g/mol. The minimum atomic E-state index is -3.51. The van der Waals surface area contributed by atoms with Crippen molar-refractivity contribution in [1.29, 1.82) is 0 Å². The Kier molecular flexibility index (Phi) is 6.30. The molecule has 0 aliphatic heterocycles. The van der Waals surface area contributed by atoms with Gasteiger partial charge in [0.05, 0.1) is 0 Å². The molecule has 0 saturated carbocycles. The molecular formula is C17H20N2O3S2. The van der Waals surface area contributed by atoms with Crippen molar-refractivity contribution in [2.45, 2.75) is 10.6 Å². The molecule has 1 aromatic heterocycles. The number of amides is 1. The first-order chi connectivity index (χ1) is 11.4. The summed E-state index contributed by atoms with van der Waals surface area (Å²) in [5.41, 5.74) is 0.999. The fourth-order valence-corrected chi connectivity index (χ4v) is 4.81. The smallest absolute Gasteiger partial charge is 0.252 e. The van der Waals surface area contributed by atoms with Crippen LogP contribution in [-0.4, -0.2) is 38.8 Å². The van der Waals surface area contributed by atoms with E-state index in [1.165, 1.54) is 21.7 Å². The average Bonchev–Trinajstić information content (AvgIpc) is 3.09. The van der Waals surface area contributed by atoms with Crippen molar-refractivity contribution < 1.29 is 13.2 Å². The summed E-state index contributed by atoms with van der Waals surface area (Å²) >= 11 is 1.26. The van der Waals surface area contributed by atoms with E-state index in [9.17, 15) is 13.2 Å². The van der Waals surface area contributed by atoms with Crippen LogP contribution in [0.3, 0.4) is 0 Å². The lowest BCUT2D eigenvalue weighted by atomic mass is 10.2. The highest BCUT2D eigenvalue weighted by Crippen LogP contribution is 2.31. The molecular weight excluding hydrogens is 344 g/mol. The minimum absolute atomic E-state index is 0.258. The van der Waals surface area contributed by atoms with Crippen molar-refractivity contribution in [3.63, 3.8) is 0 Å². The zero-order chi connectivity index (χ0) is 17.6. The summed E-state index contributed by atoms with van der Waals surface area (Å²) < 4.78 is 26.8. The maximum absolute atomic E-state index is 12.6. The van der Waals surface area contributed by atoms with Crippen LogP contribution in [0.1, 0.15) is 6.42 Å². The van der Waals surface area contributed by atoms with Crippen LogP contribution in [0.15, 0.2) is 59.3 Å². The summed E-state index contributed by atoms with van der Waals surface area (Å²) in [4.78, 5) is 12.0. The molecule has 0 fully saturated rings.